The Kier molecular flexibility index (Phi) is 4.80. The Bertz CT molecular complexity index is 518. The van der Waals surface area contributed by atoms with Gasteiger partial charge < -0.3 is 15.0 Å². The Morgan fingerprint density at radius 3 is 2.29 bits per heavy atom. The molecule has 3 rings (SSSR count). The summed E-state index contributed by atoms with van der Waals surface area (Å²) in [5, 5.41) is 2.88. The predicted octanol–water partition coefficient (Wildman–Crippen LogP) is 1.27. The number of urea groups is 1. The average Bonchev–Trinajstić information content (AvgIpc) is 2.70. The monoisotopic (exact) mass is 337 g/mol. The van der Waals surface area contributed by atoms with E-state index in [-0.39, 0.29) is 30.6 Å². The normalized spacial score (nSPS) is 30.4. The first kappa shape index (κ1) is 17.2. The van der Waals surface area contributed by atoms with Crippen LogP contribution in [0.15, 0.2) is 0 Å². The summed E-state index contributed by atoms with van der Waals surface area (Å²) in [5.41, 5.74) is -0.778. The number of imide groups is 1. The van der Waals surface area contributed by atoms with E-state index in [9.17, 15) is 14.4 Å². The van der Waals surface area contributed by atoms with Crippen molar-refractivity contribution in [2.75, 3.05) is 19.6 Å². The van der Waals surface area contributed by atoms with E-state index in [0.29, 0.717) is 25.9 Å². The Morgan fingerprint density at radius 2 is 1.71 bits per heavy atom. The fourth-order valence-corrected chi connectivity index (χ4v) is 4.11. The van der Waals surface area contributed by atoms with E-state index < -0.39 is 11.6 Å². The van der Waals surface area contributed by atoms with E-state index >= 15 is 0 Å². The highest BCUT2D eigenvalue weighted by atomic mass is 16.5. The second-order valence-corrected chi connectivity index (χ2v) is 7.37. The van der Waals surface area contributed by atoms with Crippen LogP contribution in [0, 0.1) is 0 Å². The molecule has 0 aromatic rings. The Labute approximate surface area is 142 Å². The Balaban J connectivity index is 1.67. The molecule has 7 nitrogen and oxygen atoms in total. The molecule has 0 bridgehead atoms. The van der Waals surface area contributed by atoms with Gasteiger partial charge in [0.1, 0.15) is 12.1 Å². The van der Waals surface area contributed by atoms with Gasteiger partial charge in [0.25, 0.3) is 5.91 Å². The molecule has 24 heavy (non-hydrogen) atoms. The highest BCUT2D eigenvalue weighted by Gasteiger charge is 2.51. The largest absolute Gasteiger partial charge is 0.372 e. The van der Waals surface area contributed by atoms with Gasteiger partial charge in [0, 0.05) is 13.1 Å². The third kappa shape index (κ3) is 3.27. The molecule has 7 heteroatoms. The van der Waals surface area contributed by atoms with Crippen LogP contribution in [-0.2, 0) is 14.3 Å². The summed E-state index contributed by atoms with van der Waals surface area (Å²) in [6.45, 7) is 4.66. The van der Waals surface area contributed by atoms with Crippen molar-refractivity contribution in [2.45, 2.75) is 70.1 Å². The fraction of sp³-hybridized carbons (Fsp3) is 0.824. The second-order valence-electron chi connectivity index (χ2n) is 7.37. The zero-order chi connectivity index (χ0) is 17.3. The van der Waals surface area contributed by atoms with Crippen molar-refractivity contribution < 1.29 is 19.1 Å². The summed E-state index contributed by atoms with van der Waals surface area (Å²) >= 11 is 0. The van der Waals surface area contributed by atoms with E-state index in [1.807, 2.05) is 13.8 Å². The molecule has 4 amide bonds. The number of nitrogens with zero attached hydrogens (tertiary/aromatic N) is 2. The smallest absolute Gasteiger partial charge is 0.325 e. The third-order valence-corrected chi connectivity index (χ3v) is 5.27. The van der Waals surface area contributed by atoms with Gasteiger partial charge in [-0.25, -0.2) is 4.79 Å². The molecule has 3 aliphatic rings. The molecule has 1 N–H and O–H groups in total. The van der Waals surface area contributed by atoms with Crippen LogP contribution in [0.2, 0.25) is 0 Å². The molecule has 1 saturated carbocycles. The van der Waals surface area contributed by atoms with Crippen molar-refractivity contribution in [1.29, 1.82) is 0 Å². The van der Waals surface area contributed by atoms with E-state index in [4.69, 9.17) is 4.74 Å². The first-order valence-electron chi connectivity index (χ1n) is 8.99. The van der Waals surface area contributed by atoms with Crippen LogP contribution in [0.3, 0.4) is 0 Å². The zero-order valence-corrected chi connectivity index (χ0v) is 14.5. The van der Waals surface area contributed by atoms with Gasteiger partial charge in [-0.1, -0.05) is 25.7 Å². The number of rotatable bonds is 2. The summed E-state index contributed by atoms with van der Waals surface area (Å²) < 4.78 is 5.63. The zero-order valence-electron chi connectivity index (χ0n) is 14.5. The number of hydrogen-bond acceptors (Lipinski definition) is 4. The molecule has 134 valence electrons. The highest BCUT2D eigenvalue weighted by molar-refractivity contribution is 6.09. The fourth-order valence-electron chi connectivity index (χ4n) is 4.11. The lowest BCUT2D eigenvalue weighted by Gasteiger charge is -2.35. The van der Waals surface area contributed by atoms with Gasteiger partial charge in [-0.2, -0.15) is 0 Å². The molecular formula is C17H27N3O4. The molecule has 0 radical (unpaired) electrons. The van der Waals surface area contributed by atoms with Crippen LogP contribution in [0.5, 0.6) is 0 Å². The lowest BCUT2D eigenvalue weighted by atomic mass is 9.90. The molecule has 0 aromatic carbocycles. The van der Waals surface area contributed by atoms with Crippen LogP contribution in [0.4, 0.5) is 4.79 Å². The number of hydrogen-bond donors (Lipinski definition) is 1. The maximum Gasteiger partial charge on any atom is 0.325 e. The van der Waals surface area contributed by atoms with Crippen molar-refractivity contribution in [1.82, 2.24) is 15.1 Å². The summed E-state index contributed by atoms with van der Waals surface area (Å²) in [6.07, 6.45) is 5.34. The average molecular weight is 337 g/mol. The van der Waals surface area contributed by atoms with Crippen molar-refractivity contribution >= 4 is 17.8 Å². The second kappa shape index (κ2) is 6.70. The third-order valence-electron chi connectivity index (χ3n) is 5.27. The number of morpholine rings is 1. The maximum absolute atomic E-state index is 12.8. The topological polar surface area (TPSA) is 79.0 Å². The summed E-state index contributed by atoms with van der Waals surface area (Å²) in [7, 11) is 0. The number of ether oxygens (including phenoxy) is 1. The van der Waals surface area contributed by atoms with E-state index in [2.05, 4.69) is 5.32 Å². The minimum Gasteiger partial charge on any atom is -0.372 e. The van der Waals surface area contributed by atoms with Crippen molar-refractivity contribution in [2.24, 2.45) is 0 Å². The molecule has 2 aliphatic heterocycles. The van der Waals surface area contributed by atoms with E-state index in [1.54, 1.807) is 4.90 Å². The Morgan fingerprint density at radius 1 is 1.12 bits per heavy atom. The van der Waals surface area contributed by atoms with Crippen molar-refractivity contribution in [3.63, 3.8) is 0 Å². The van der Waals surface area contributed by atoms with Gasteiger partial charge in [0.2, 0.25) is 5.91 Å². The van der Waals surface area contributed by atoms with Crippen molar-refractivity contribution in [3.05, 3.63) is 0 Å². The van der Waals surface area contributed by atoms with Gasteiger partial charge >= 0.3 is 6.03 Å². The standard InChI is InChI=1S/C17H27N3O4/c1-12-9-19(10-13(2)24-12)14(21)11-20-15(22)17(18-16(20)23)7-5-3-4-6-8-17/h12-13H,3-11H2,1-2H3,(H,18,23)/t12-,13-/m0/s1. The first-order chi connectivity index (χ1) is 11.4. The quantitative estimate of drug-likeness (QED) is 0.770. The minimum absolute atomic E-state index is 0.0333. The molecule has 2 saturated heterocycles. The van der Waals surface area contributed by atoms with Crippen LogP contribution in [0.25, 0.3) is 0 Å². The molecule has 0 unspecified atom stereocenters. The Hall–Kier alpha value is -1.63. The lowest BCUT2D eigenvalue weighted by Crippen LogP contribution is -2.52. The molecule has 1 aliphatic carbocycles. The first-order valence-corrected chi connectivity index (χ1v) is 8.99. The van der Waals surface area contributed by atoms with Crippen LogP contribution in [-0.4, -0.2) is 65.0 Å². The number of nitrogens with one attached hydrogen (secondary N) is 1. The molecule has 3 fully saturated rings. The number of carbonyl (C=O) groups excluding carboxylic acids is 3. The minimum atomic E-state index is -0.778. The van der Waals surface area contributed by atoms with Crippen molar-refractivity contribution in [3.8, 4) is 0 Å². The highest BCUT2D eigenvalue weighted by Crippen LogP contribution is 2.32. The molecular weight excluding hydrogens is 310 g/mol. The van der Waals surface area contributed by atoms with Crippen LogP contribution in [0.1, 0.15) is 52.4 Å². The number of carbonyl (C=O) groups is 3. The van der Waals surface area contributed by atoms with Gasteiger partial charge in [-0.3, -0.25) is 14.5 Å². The predicted molar refractivity (Wildman–Crippen MR) is 87.3 cm³/mol. The van der Waals surface area contributed by atoms with Gasteiger partial charge in [-0.15, -0.1) is 0 Å². The summed E-state index contributed by atoms with van der Waals surface area (Å²) in [5.74, 6) is -0.414. The molecule has 0 aromatic heterocycles. The molecule has 1 spiro atoms. The van der Waals surface area contributed by atoms with Gasteiger partial charge in [0.15, 0.2) is 0 Å². The van der Waals surface area contributed by atoms with E-state index in [0.717, 1.165) is 30.6 Å². The summed E-state index contributed by atoms with van der Waals surface area (Å²) in [4.78, 5) is 40.5. The maximum atomic E-state index is 12.8. The van der Waals surface area contributed by atoms with E-state index in [1.165, 1.54) is 0 Å². The van der Waals surface area contributed by atoms with Crippen LogP contribution >= 0.6 is 0 Å². The van der Waals surface area contributed by atoms with Crippen LogP contribution < -0.4 is 5.32 Å². The SMILES string of the molecule is C[C@H]1CN(C(=O)CN2C(=O)NC3(CCCCCC3)C2=O)C[C@H](C)O1. The van der Waals surface area contributed by atoms with Gasteiger partial charge in [-0.05, 0) is 26.7 Å². The summed E-state index contributed by atoms with van der Waals surface area (Å²) in [6, 6.07) is -0.426. The lowest BCUT2D eigenvalue weighted by molar-refractivity contribution is -0.146. The van der Waals surface area contributed by atoms with Gasteiger partial charge in [0.05, 0.1) is 12.2 Å². The molecule has 2 atom stereocenters. The number of amides is 4. The molecule has 2 heterocycles.